The van der Waals surface area contributed by atoms with Gasteiger partial charge in [-0.15, -0.1) is 0 Å². The van der Waals surface area contributed by atoms with E-state index in [4.69, 9.17) is 4.74 Å². The maximum absolute atomic E-state index is 5.09. The van der Waals surface area contributed by atoms with Crippen molar-refractivity contribution in [1.82, 2.24) is 5.32 Å². The molecule has 1 aromatic carbocycles. The van der Waals surface area contributed by atoms with Crippen LogP contribution in [0.15, 0.2) is 35.3 Å². The zero-order valence-electron chi connectivity index (χ0n) is 8.92. The second kappa shape index (κ2) is 6.64. The second-order valence-corrected chi connectivity index (χ2v) is 4.41. The average molecular weight is 270 g/mol. The van der Waals surface area contributed by atoms with Gasteiger partial charge in [0.2, 0.25) is 0 Å². The van der Waals surface area contributed by atoms with Gasteiger partial charge in [-0.1, -0.05) is 34.6 Å². The topological polar surface area (TPSA) is 21.3 Å². The minimum atomic E-state index is 0.816. The Morgan fingerprint density at radius 2 is 2.07 bits per heavy atom. The van der Waals surface area contributed by atoms with Crippen molar-refractivity contribution in [2.45, 2.75) is 6.42 Å². The smallest absolute Gasteiger partial charge is 0.118 e. The molecule has 82 valence electrons. The molecule has 0 aliphatic heterocycles. The summed E-state index contributed by atoms with van der Waals surface area (Å²) in [5, 5.41) is 3.28. The number of methoxy groups -OCH3 is 1. The van der Waals surface area contributed by atoms with E-state index in [-0.39, 0.29) is 0 Å². The Hall–Kier alpha value is -0.800. The van der Waals surface area contributed by atoms with E-state index in [1.54, 1.807) is 7.11 Å². The van der Waals surface area contributed by atoms with Gasteiger partial charge in [0.15, 0.2) is 0 Å². The fraction of sp³-hybridized carbons (Fsp3) is 0.333. The number of rotatable bonds is 6. The fourth-order valence-electron chi connectivity index (χ4n) is 1.25. The number of nitrogens with one attached hydrogen (secondary N) is 1. The number of hydrogen-bond donors (Lipinski definition) is 1. The highest BCUT2D eigenvalue weighted by Crippen LogP contribution is 2.11. The van der Waals surface area contributed by atoms with Crippen LogP contribution in [0.2, 0.25) is 0 Å². The molecule has 1 aromatic rings. The van der Waals surface area contributed by atoms with Crippen LogP contribution in [-0.2, 0) is 6.42 Å². The SMILES string of the molecule is C=C(Br)CNCCc1ccc(OC)cc1. The summed E-state index contributed by atoms with van der Waals surface area (Å²) in [6.07, 6.45) is 1.02. The largest absolute Gasteiger partial charge is 0.497 e. The first-order valence-electron chi connectivity index (χ1n) is 4.89. The molecule has 0 aromatic heterocycles. The van der Waals surface area contributed by atoms with Crippen LogP contribution in [0.4, 0.5) is 0 Å². The first kappa shape index (κ1) is 12.3. The van der Waals surface area contributed by atoms with E-state index < -0.39 is 0 Å². The van der Waals surface area contributed by atoms with Gasteiger partial charge in [-0.25, -0.2) is 0 Å². The summed E-state index contributed by atoms with van der Waals surface area (Å²) in [5.41, 5.74) is 1.31. The summed E-state index contributed by atoms with van der Waals surface area (Å²) in [6, 6.07) is 8.14. The number of halogens is 1. The van der Waals surface area contributed by atoms with E-state index in [0.717, 1.165) is 29.7 Å². The van der Waals surface area contributed by atoms with E-state index in [1.165, 1.54) is 5.56 Å². The summed E-state index contributed by atoms with van der Waals surface area (Å²) in [7, 11) is 1.68. The molecule has 0 spiro atoms. The van der Waals surface area contributed by atoms with Crippen LogP contribution in [0.25, 0.3) is 0 Å². The molecule has 1 N–H and O–H groups in total. The highest BCUT2D eigenvalue weighted by atomic mass is 79.9. The van der Waals surface area contributed by atoms with E-state index in [0.29, 0.717) is 0 Å². The first-order chi connectivity index (χ1) is 7.22. The minimum Gasteiger partial charge on any atom is -0.497 e. The minimum absolute atomic E-state index is 0.816. The Kier molecular flexibility index (Phi) is 5.43. The third-order valence-electron chi connectivity index (χ3n) is 2.07. The fourth-order valence-corrected chi connectivity index (χ4v) is 1.45. The maximum Gasteiger partial charge on any atom is 0.118 e. The number of benzene rings is 1. The van der Waals surface area contributed by atoms with E-state index in [9.17, 15) is 0 Å². The Bertz CT molecular complexity index is 308. The van der Waals surface area contributed by atoms with Gasteiger partial charge in [0.1, 0.15) is 5.75 Å². The Labute approximate surface area is 99.5 Å². The molecule has 0 amide bonds. The Balaban J connectivity index is 2.28. The zero-order chi connectivity index (χ0) is 11.1. The molecule has 1 rings (SSSR count). The van der Waals surface area contributed by atoms with Crippen LogP contribution in [-0.4, -0.2) is 20.2 Å². The van der Waals surface area contributed by atoms with E-state index in [1.807, 2.05) is 12.1 Å². The lowest BCUT2D eigenvalue weighted by atomic mass is 10.1. The quantitative estimate of drug-likeness (QED) is 0.802. The van der Waals surface area contributed by atoms with Gasteiger partial charge in [-0.2, -0.15) is 0 Å². The summed E-state index contributed by atoms with van der Waals surface area (Å²) in [4.78, 5) is 0. The third-order valence-corrected chi connectivity index (χ3v) is 2.35. The van der Waals surface area contributed by atoms with Gasteiger partial charge >= 0.3 is 0 Å². The van der Waals surface area contributed by atoms with Crippen molar-refractivity contribution in [3.8, 4) is 5.75 Å². The summed E-state index contributed by atoms with van der Waals surface area (Å²) in [6.45, 7) is 5.53. The standard InChI is InChI=1S/C12H16BrNO/c1-10(13)9-14-8-7-11-3-5-12(15-2)6-4-11/h3-6,14H,1,7-9H2,2H3. The highest BCUT2D eigenvalue weighted by molar-refractivity contribution is 9.11. The molecule has 0 saturated heterocycles. The normalized spacial score (nSPS) is 10.0. The van der Waals surface area contributed by atoms with Crippen LogP contribution in [0.3, 0.4) is 0 Å². The molecule has 2 nitrogen and oxygen atoms in total. The number of hydrogen-bond acceptors (Lipinski definition) is 2. The molecular weight excluding hydrogens is 254 g/mol. The predicted octanol–water partition coefficient (Wildman–Crippen LogP) is 2.74. The molecular formula is C12H16BrNO. The van der Waals surface area contributed by atoms with Crippen LogP contribution in [0.1, 0.15) is 5.56 Å². The second-order valence-electron chi connectivity index (χ2n) is 3.29. The van der Waals surface area contributed by atoms with Gasteiger partial charge < -0.3 is 10.1 Å². The molecule has 0 atom stereocenters. The molecule has 3 heteroatoms. The zero-order valence-corrected chi connectivity index (χ0v) is 10.5. The predicted molar refractivity (Wildman–Crippen MR) is 67.6 cm³/mol. The van der Waals surface area contributed by atoms with Gasteiger partial charge in [-0.3, -0.25) is 0 Å². The molecule has 0 unspecified atom stereocenters. The highest BCUT2D eigenvalue weighted by Gasteiger charge is 1.94. The lowest BCUT2D eigenvalue weighted by Crippen LogP contribution is -2.18. The average Bonchev–Trinajstić information content (AvgIpc) is 2.25. The summed E-state index contributed by atoms with van der Waals surface area (Å²) >= 11 is 3.31. The van der Waals surface area contributed by atoms with Gasteiger partial charge in [-0.05, 0) is 30.7 Å². The summed E-state index contributed by atoms with van der Waals surface area (Å²) in [5.74, 6) is 0.903. The van der Waals surface area contributed by atoms with Crippen LogP contribution in [0.5, 0.6) is 5.75 Å². The van der Waals surface area contributed by atoms with Crippen molar-refractivity contribution in [2.24, 2.45) is 0 Å². The molecule has 0 aliphatic rings. The van der Waals surface area contributed by atoms with Crippen LogP contribution < -0.4 is 10.1 Å². The van der Waals surface area contributed by atoms with Gasteiger partial charge in [0.05, 0.1) is 7.11 Å². The van der Waals surface area contributed by atoms with Crippen molar-refractivity contribution in [2.75, 3.05) is 20.2 Å². The van der Waals surface area contributed by atoms with Crippen LogP contribution >= 0.6 is 15.9 Å². The molecule has 0 heterocycles. The van der Waals surface area contributed by atoms with E-state index >= 15 is 0 Å². The molecule has 0 saturated carbocycles. The maximum atomic E-state index is 5.09. The Morgan fingerprint density at radius 1 is 1.40 bits per heavy atom. The van der Waals surface area contributed by atoms with Crippen molar-refractivity contribution in [1.29, 1.82) is 0 Å². The summed E-state index contributed by atoms with van der Waals surface area (Å²) < 4.78 is 6.08. The lowest BCUT2D eigenvalue weighted by molar-refractivity contribution is 0.414. The lowest BCUT2D eigenvalue weighted by Gasteiger charge is -2.04. The molecule has 15 heavy (non-hydrogen) atoms. The van der Waals surface area contributed by atoms with Gasteiger partial charge in [0.25, 0.3) is 0 Å². The van der Waals surface area contributed by atoms with Crippen molar-refractivity contribution >= 4 is 15.9 Å². The molecule has 0 radical (unpaired) electrons. The van der Waals surface area contributed by atoms with Crippen LogP contribution in [0, 0.1) is 0 Å². The molecule has 0 fully saturated rings. The Morgan fingerprint density at radius 3 is 2.60 bits per heavy atom. The number of ether oxygens (including phenoxy) is 1. The third kappa shape index (κ3) is 5.00. The van der Waals surface area contributed by atoms with Crippen molar-refractivity contribution in [3.63, 3.8) is 0 Å². The van der Waals surface area contributed by atoms with Crippen molar-refractivity contribution in [3.05, 3.63) is 40.9 Å². The molecule has 0 aliphatic carbocycles. The molecule has 0 bridgehead atoms. The van der Waals surface area contributed by atoms with E-state index in [2.05, 4.69) is 40.0 Å². The first-order valence-corrected chi connectivity index (χ1v) is 5.68. The monoisotopic (exact) mass is 269 g/mol. The van der Waals surface area contributed by atoms with Crippen molar-refractivity contribution < 1.29 is 4.74 Å². The van der Waals surface area contributed by atoms with Gasteiger partial charge in [0, 0.05) is 11.0 Å².